The standard InChI is InChI=1S/C16H16N4O2S/c1-20-9-3-4-13(20)15(21)17-16-19-18-14(23-16)10-11-5-7-12(22-2)8-6-11/h3-9H,10H2,1-2H3,(H,17,19,21). The fourth-order valence-corrected chi connectivity index (χ4v) is 2.92. The van der Waals surface area contributed by atoms with Gasteiger partial charge >= 0.3 is 0 Å². The molecule has 0 saturated carbocycles. The van der Waals surface area contributed by atoms with Crippen LogP contribution >= 0.6 is 11.3 Å². The van der Waals surface area contributed by atoms with E-state index in [9.17, 15) is 4.79 Å². The first-order chi connectivity index (χ1) is 11.2. The lowest BCUT2D eigenvalue weighted by Gasteiger charge is -2.02. The second-order valence-corrected chi connectivity index (χ2v) is 6.05. The van der Waals surface area contributed by atoms with Crippen molar-refractivity contribution in [1.29, 1.82) is 0 Å². The molecule has 3 rings (SSSR count). The van der Waals surface area contributed by atoms with Crippen molar-refractivity contribution in [1.82, 2.24) is 14.8 Å². The molecule has 23 heavy (non-hydrogen) atoms. The maximum absolute atomic E-state index is 12.1. The largest absolute Gasteiger partial charge is 0.497 e. The zero-order valence-electron chi connectivity index (χ0n) is 12.8. The number of rotatable bonds is 5. The molecule has 0 fully saturated rings. The lowest BCUT2D eigenvalue weighted by Crippen LogP contribution is -2.15. The third kappa shape index (κ3) is 3.57. The maximum atomic E-state index is 12.1. The van der Waals surface area contributed by atoms with E-state index in [0.717, 1.165) is 16.3 Å². The van der Waals surface area contributed by atoms with E-state index in [2.05, 4.69) is 15.5 Å². The van der Waals surface area contributed by atoms with Crippen LogP contribution in [0.25, 0.3) is 0 Å². The molecular weight excluding hydrogens is 312 g/mol. The molecule has 118 valence electrons. The predicted octanol–water partition coefficient (Wildman–Crippen LogP) is 2.73. The van der Waals surface area contributed by atoms with Gasteiger partial charge in [-0.05, 0) is 29.8 Å². The van der Waals surface area contributed by atoms with E-state index in [1.165, 1.54) is 11.3 Å². The van der Waals surface area contributed by atoms with Gasteiger partial charge in [0.2, 0.25) is 5.13 Å². The first-order valence-electron chi connectivity index (χ1n) is 7.03. The number of benzene rings is 1. The highest BCUT2D eigenvalue weighted by Crippen LogP contribution is 2.20. The van der Waals surface area contributed by atoms with Crippen LogP contribution in [0.5, 0.6) is 5.75 Å². The minimum Gasteiger partial charge on any atom is -0.497 e. The number of methoxy groups -OCH3 is 1. The number of anilines is 1. The summed E-state index contributed by atoms with van der Waals surface area (Å²) in [6, 6.07) is 11.4. The maximum Gasteiger partial charge on any atom is 0.274 e. The van der Waals surface area contributed by atoms with Crippen molar-refractivity contribution >= 4 is 22.4 Å². The van der Waals surface area contributed by atoms with Crippen molar-refractivity contribution < 1.29 is 9.53 Å². The highest BCUT2D eigenvalue weighted by molar-refractivity contribution is 7.15. The molecule has 0 unspecified atom stereocenters. The topological polar surface area (TPSA) is 69.0 Å². The van der Waals surface area contributed by atoms with Gasteiger partial charge in [-0.15, -0.1) is 10.2 Å². The van der Waals surface area contributed by atoms with E-state index in [1.54, 1.807) is 17.7 Å². The second kappa shape index (κ2) is 6.62. The van der Waals surface area contributed by atoms with Gasteiger partial charge in [0.25, 0.3) is 5.91 Å². The minimum absolute atomic E-state index is 0.190. The van der Waals surface area contributed by atoms with Crippen molar-refractivity contribution in [3.05, 3.63) is 58.9 Å². The van der Waals surface area contributed by atoms with Gasteiger partial charge in [0.05, 0.1) is 7.11 Å². The van der Waals surface area contributed by atoms with Gasteiger partial charge < -0.3 is 9.30 Å². The highest BCUT2D eigenvalue weighted by atomic mass is 32.1. The summed E-state index contributed by atoms with van der Waals surface area (Å²) in [6.07, 6.45) is 2.49. The smallest absolute Gasteiger partial charge is 0.274 e. The summed E-state index contributed by atoms with van der Waals surface area (Å²) >= 11 is 1.37. The summed E-state index contributed by atoms with van der Waals surface area (Å²) in [4.78, 5) is 12.1. The van der Waals surface area contributed by atoms with Crippen molar-refractivity contribution in [2.75, 3.05) is 12.4 Å². The Morgan fingerprint density at radius 2 is 2.04 bits per heavy atom. The molecule has 0 aliphatic rings. The van der Waals surface area contributed by atoms with Crippen molar-refractivity contribution in [2.45, 2.75) is 6.42 Å². The summed E-state index contributed by atoms with van der Waals surface area (Å²) < 4.78 is 6.90. The minimum atomic E-state index is -0.190. The molecule has 1 amide bonds. The van der Waals surface area contributed by atoms with Crippen LogP contribution in [-0.4, -0.2) is 27.8 Å². The summed E-state index contributed by atoms with van der Waals surface area (Å²) in [5, 5.41) is 12.3. The van der Waals surface area contributed by atoms with Crippen LogP contribution in [0.1, 0.15) is 21.1 Å². The number of ether oxygens (including phenoxy) is 1. The van der Waals surface area contributed by atoms with Gasteiger partial charge in [0.15, 0.2) is 0 Å². The van der Waals surface area contributed by atoms with E-state index in [0.29, 0.717) is 17.2 Å². The number of nitrogens with one attached hydrogen (secondary N) is 1. The average Bonchev–Trinajstić information content (AvgIpc) is 3.17. The molecule has 0 aliphatic heterocycles. The summed E-state index contributed by atoms with van der Waals surface area (Å²) in [5.74, 6) is 0.631. The second-order valence-electron chi connectivity index (χ2n) is 4.98. The third-order valence-electron chi connectivity index (χ3n) is 3.38. The number of aryl methyl sites for hydroxylation is 1. The quantitative estimate of drug-likeness (QED) is 0.782. The summed E-state index contributed by atoms with van der Waals surface area (Å²) in [5.41, 5.74) is 1.69. The molecule has 0 radical (unpaired) electrons. The fourth-order valence-electron chi connectivity index (χ4n) is 2.15. The zero-order chi connectivity index (χ0) is 16.2. The molecule has 0 atom stereocenters. The number of hydrogen-bond donors (Lipinski definition) is 1. The fraction of sp³-hybridized carbons (Fsp3) is 0.188. The number of nitrogens with zero attached hydrogens (tertiary/aromatic N) is 3. The SMILES string of the molecule is COc1ccc(Cc2nnc(NC(=O)c3cccn3C)s2)cc1. The number of amides is 1. The van der Waals surface area contributed by atoms with Crippen LogP contribution in [-0.2, 0) is 13.5 Å². The Hall–Kier alpha value is -2.67. The van der Waals surface area contributed by atoms with Gasteiger partial charge in [-0.1, -0.05) is 23.5 Å². The van der Waals surface area contributed by atoms with Crippen LogP contribution in [0.3, 0.4) is 0 Å². The Morgan fingerprint density at radius 3 is 2.70 bits per heavy atom. The molecule has 0 saturated heterocycles. The van der Waals surface area contributed by atoms with Gasteiger partial charge in [-0.25, -0.2) is 0 Å². The number of carbonyl (C=O) groups excluding carboxylic acids is 1. The molecule has 0 spiro atoms. The third-order valence-corrected chi connectivity index (χ3v) is 4.22. The lowest BCUT2D eigenvalue weighted by molar-refractivity contribution is 0.101. The molecule has 7 heteroatoms. The monoisotopic (exact) mass is 328 g/mol. The molecule has 0 bridgehead atoms. The number of hydrogen-bond acceptors (Lipinski definition) is 5. The van der Waals surface area contributed by atoms with E-state index in [4.69, 9.17) is 4.74 Å². The Balaban J connectivity index is 1.65. The van der Waals surface area contributed by atoms with E-state index >= 15 is 0 Å². The average molecular weight is 328 g/mol. The Kier molecular flexibility index (Phi) is 4.38. The molecule has 1 aromatic carbocycles. The Bertz CT molecular complexity index is 808. The number of aromatic nitrogens is 3. The highest BCUT2D eigenvalue weighted by Gasteiger charge is 2.12. The van der Waals surface area contributed by atoms with Gasteiger partial charge in [-0.2, -0.15) is 0 Å². The molecule has 6 nitrogen and oxygen atoms in total. The first-order valence-corrected chi connectivity index (χ1v) is 7.85. The van der Waals surface area contributed by atoms with E-state index in [-0.39, 0.29) is 5.91 Å². The number of carbonyl (C=O) groups is 1. The zero-order valence-corrected chi connectivity index (χ0v) is 13.6. The molecule has 3 aromatic rings. The molecule has 2 heterocycles. The van der Waals surface area contributed by atoms with Crippen LogP contribution in [0.4, 0.5) is 5.13 Å². The van der Waals surface area contributed by atoms with Crippen LogP contribution < -0.4 is 10.1 Å². The van der Waals surface area contributed by atoms with Crippen LogP contribution in [0, 0.1) is 0 Å². The van der Waals surface area contributed by atoms with Crippen LogP contribution in [0.15, 0.2) is 42.6 Å². The normalized spacial score (nSPS) is 10.5. The van der Waals surface area contributed by atoms with Crippen molar-refractivity contribution in [2.24, 2.45) is 7.05 Å². The summed E-state index contributed by atoms with van der Waals surface area (Å²) in [7, 11) is 3.46. The lowest BCUT2D eigenvalue weighted by atomic mass is 10.1. The van der Waals surface area contributed by atoms with Crippen molar-refractivity contribution in [3.8, 4) is 5.75 Å². The Labute approximate surface area is 137 Å². The van der Waals surface area contributed by atoms with E-state index in [1.807, 2.05) is 43.6 Å². The van der Waals surface area contributed by atoms with Gasteiger partial charge in [0, 0.05) is 19.7 Å². The summed E-state index contributed by atoms with van der Waals surface area (Å²) in [6.45, 7) is 0. The molecule has 0 aliphatic carbocycles. The molecule has 2 aromatic heterocycles. The van der Waals surface area contributed by atoms with E-state index < -0.39 is 0 Å². The van der Waals surface area contributed by atoms with Gasteiger partial charge in [-0.3, -0.25) is 10.1 Å². The molecular formula is C16H16N4O2S. The first kappa shape index (κ1) is 15.2. The van der Waals surface area contributed by atoms with Crippen LogP contribution in [0.2, 0.25) is 0 Å². The van der Waals surface area contributed by atoms with Crippen molar-refractivity contribution in [3.63, 3.8) is 0 Å². The van der Waals surface area contributed by atoms with Gasteiger partial charge in [0.1, 0.15) is 16.5 Å². The predicted molar refractivity (Wildman–Crippen MR) is 89.1 cm³/mol. The Morgan fingerprint density at radius 1 is 1.26 bits per heavy atom. The molecule has 1 N–H and O–H groups in total.